The minimum Gasteiger partial charge on any atom is -0.302 e. The largest absolute Gasteiger partial charge is 0.302 e. The summed E-state index contributed by atoms with van der Waals surface area (Å²) in [6.45, 7) is 0. The van der Waals surface area contributed by atoms with Crippen molar-refractivity contribution < 1.29 is 13.2 Å². The van der Waals surface area contributed by atoms with Crippen molar-refractivity contribution in [2.75, 3.05) is 11.1 Å². The Bertz CT molecular complexity index is 923. The van der Waals surface area contributed by atoms with Crippen LogP contribution in [0.3, 0.4) is 0 Å². The number of sulfone groups is 1. The molecule has 0 aliphatic carbocycles. The highest BCUT2D eigenvalue weighted by Gasteiger charge is 2.24. The van der Waals surface area contributed by atoms with E-state index in [9.17, 15) is 13.2 Å². The Morgan fingerprint density at radius 2 is 2.17 bits per heavy atom. The van der Waals surface area contributed by atoms with Crippen molar-refractivity contribution in [1.82, 2.24) is 4.98 Å². The molecule has 0 saturated carbocycles. The Labute approximate surface area is 153 Å². The number of nitrogens with zero attached hydrogens (tertiary/aromatic N) is 1. The zero-order valence-corrected chi connectivity index (χ0v) is 15.3. The molecule has 3 rings (SSSR count). The van der Waals surface area contributed by atoms with Gasteiger partial charge in [0, 0.05) is 33.7 Å². The van der Waals surface area contributed by atoms with Crippen molar-refractivity contribution in [2.45, 2.75) is 6.42 Å². The molecule has 1 aliphatic heterocycles. The third-order valence-electron chi connectivity index (χ3n) is 3.41. The van der Waals surface area contributed by atoms with E-state index in [1.807, 2.05) is 0 Å². The van der Waals surface area contributed by atoms with Crippen LogP contribution in [0.5, 0.6) is 0 Å². The van der Waals surface area contributed by atoms with Crippen molar-refractivity contribution >= 4 is 55.4 Å². The number of amides is 1. The van der Waals surface area contributed by atoms with Crippen LogP contribution < -0.4 is 5.32 Å². The number of anilines is 1. The summed E-state index contributed by atoms with van der Waals surface area (Å²) in [4.78, 5) is 16.4. The number of aromatic nitrogens is 1. The molecule has 1 aromatic heterocycles. The quantitative estimate of drug-likeness (QED) is 0.837. The minimum absolute atomic E-state index is 0.0239. The lowest BCUT2D eigenvalue weighted by atomic mass is 10.1. The highest BCUT2D eigenvalue weighted by molar-refractivity contribution is 7.94. The monoisotopic (exact) mass is 402 g/mol. The molecule has 0 bridgehead atoms. The van der Waals surface area contributed by atoms with E-state index in [1.54, 1.807) is 29.7 Å². The number of carbonyl (C=O) groups excluding carboxylic acids is 1. The average Bonchev–Trinajstić information content (AvgIpc) is 3.05. The molecule has 1 unspecified atom stereocenters. The molecule has 0 radical (unpaired) electrons. The maximum atomic E-state index is 12.0. The van der Waals surface area contributed by atoms with E-state index in [-0.39, 0.29) is 24.0 Å². The second kappa shape index (κ2) is 6.84. The maximum Gasteiger partial charge on any atom is 0.226 e. The predicted octanol–water partition coefficient (Wildman–Crippen LogP) is 4.00. The van der Waals surface area contributed by atoms with E-state index in [4.69, 9.17) is 23.2 Å². The number of hydrogen-bond donors (Lipinski definition) is 1. The molecule has 5 nitrogen and oxygen atoms in total. The normalized spacial score (nSPS) is 18.7. The molecule has 2 aromatic rings. The van der Waals surface area contributed by atoms with Crippen LogP contribution in [0.25, 0.3) is 11.3 Å². The molecule has 1 aliphatic rings. The van der Waals surface area contributed by atoms with Gasteiger partial charge < -0.3 is 5.32 Å². The molecule has 1 N–H and O–H groups in total. The Hall–Kier alpha value is -1.41. The maximum absolute atomic E-state index is 12.0. The molecule has 0 fully saturated rings. The molecular formula is C15H12Cl2N2O3S2. The molecule has 126 valence electrons. The highest BCUT2D eigenvalue weighted by atomic mass is 35.5. The van der Waals surface area contributed by atoms with E-state index in [1.165, 1.54) is 11.3 Å². The lowest BCUT2D eigenvalue weighted by Crippen LogP contribution is -2.17. The van der Waals surface area contributed by atoms with Crippen LogP contribution in [-0.2, 0) is 14.6 Å². The van der Waals surface area contributed by atoms with E-state index >= 15 is 0 Å². The zero-order chi connectivity index (χ0) is 17.3. The van der Waals surface area contributed by atoms with Crippen LogP contribution in [0.4, 0.5) is 5.13 Å². The topological polar surface area (TPSA) is 76.1 Å². The summed E-state index contributed by atoms with van der Waals surface area (Å²) in [6, 6.07) is 5.11. The van der Waals surface area contributed by atoms with Gasteiger partial charge in [0.2, 0.25) is 5.91 Å². The fraction of sp³-hybridized carbons (Fsp3) is 0.200. The number of nitrogens with one attached hydrogen (secondary N) is 1. The van der Waals surface area contributed by atoms with Gasteiger partial charge in [0.05, 0.1) is 16.5 Å². The lowest BCUT2D eigenvalue weighted by Gasteiger charge is -2.06. The molecule has 9 heteroatoms. The fourth-order valence-corrected chi connectivity index (χ4v) is 4.96. The third kappa shape index (κ3) is 4.16. The molecule has 24 heavy (non-hydrogen) atoms. The van der Waals surface area contributed by atoms with Gasteiger partial charge in [-0.05, 0) is 18.2 Å². The highest BCUT2D eigenvalue weighted by Crippen LogP contribution is 2.32. The first kappa shape index (κ1) is 17.4. The van der Waals surface area contributed by atoms with Crippen LogP contribution in [0.15, 0.2) is 35.1 Å². The van der Waals surface area contributed by atoms with E-state index in [2.05, 4.69) is 10.3 Å². The first-order valence-electron chi connectivity index (χ1n) is 6.94. The summed E-state index contributed by atoms with van der Waals surface area (Å²) < 4.78 is 22.7. The Morgan fingerprint density at radius 3 is 2.83 bits per heavy atom. The molecule has 2 heterocycles. The summed E-state index contributed by atoms with van der Waals surface area (Å²) in [6.07, 6.45) is 1.65. The summed E-state index contributed by atoms with van der Waals surface area (Å²) >= 11 is 13.3. The fourth-order valence-electron chi connectivity index (χ4n) is 2.33. The number of thiazole rings is 1. The van der Waals surface area contributed by atoms with Crippen LogP contribution in [0.1, 0.15) is 6.42 Å². The number of carbonyl (C=O) groups is 1. The van der Waals surface area contributed by atoms with Crippen LogP contribution in [0, 0.1) is 5.92 Å². The average molecular weight is 403 g/mol. The SMILES string of the molecule is O=C(CC1C=CS(=O)(=O)C1)Nc1nc(-c2ccc(Cl)cc2Cl)cs1. The number of allylic oxidation sites excluding steroid dienone is 1. The van der Waals surface area contributed by atoms with Gasteiger partial charge in [-0.3, -0.25) is 4.79 Å². The van der Waals surface area contributed by atoms with Gasteiger partial charge in [-0.25, -0.2) is 13.4 Å². The van der Waals surface area contributed by atoms with Crippen molar-refractivity contribution in [3.8, 4) is 11.3 Å². The van der Waals surface area contributed by atoms with Gasteiger partial charge >= 0.3 is 0 Å². The van der Waals surface area contributed by atoms with Crippen molar-refractivity contribution in [2.24, 2.45) is 5.92 Å². The summed E-state index contributed by atoms with van der Waals surface area (Å²) in [5.74, 6) is -0.589. The van der Waals surface area contributed by atoms with E-state index in [0.29, 0.717) is 20.9 Å². The second-order valence-corrected chi connectivity index (χ2v) is 8.97. The Kier molecular flexibility index (Phi) is 4.96. The van der Waals surface area contributed by atoms with Crippen LogP contribution in [-0.4, -0.2) is 25.1 Å². The van der Waals surface area contributed by atoms with Crippen molar-refractivity contribution in [3.63, 3.8) is 0 Å². The number of benzene rings is 1. The Balaban J connectivity index is 1.66. The molecule has 0 saturated heterocycles. The minimum atomic E-state index is -3.15. The number of hydrogen-bond acceptors (Lipinski definition) is 5. The van der Waals surface area contributed by atoms with E-state index in [0.717, 1.165) is 11.0 Å². The van der Waals surface area contributed by atoms with Crippen molar-refractivity contribution in [1.29, 1.82) is 0 Å². The molecule has 1 atom stereocenters. The summed E-state index contributed by atoms with van der Waals surface area (Å²) in [5.41, 5.74) is 1.36. The van der Waals surface area contributed by atoms with Gasteiger partial charge in [0.1, 0.15) is 0 Å². The van der Waals surface area contributed by atoms with Gasteiger partial charge in [-0.1, -0.05) is 29.3 Å². The number of halogens is 2. The van der Waals surface area contributed by atoms with Crippen LogP contribution in [0.2, 0.25) is 10.0 Å². The molecule has 1 amide bonds. The first-order valence-corrected chi connectivity index (χ1v) is 10.3. The molecule has 1 aromatic carbocycles. The second-order valence-electron chi connectivity index (χ2n) is 5.33. The lowest BCUT2D eigenvalue weighted by molar-refractivity contribution is -0.116. The zero-order valence-electron chi connectivity index (χ0n) is 12.2. The van der Waals surface area contributed by atoms with Gasteiger partial charge in [0.15, 0.2) is 15.0 Å². The smallest absolute Gasteiger partial charge is 0.226 e. The van der Waals surface area contributed by atoms with E-state index < -0.39 is 9.84 Å². The molecular weight excluding hydrogens is 391 g/mol. The van der Waals surface area contributed by atoms with Crippen molar-refractivity contribution in [3.05, 3.63) is 45.1 Å². The molecule has 0 spiro atoms. The van der Waals surface area contributed by atoms with Gasteiger partial charge in [-0.15, -0.1) is 11.3 Å². The predicted molar refractivity (Wildman–Crippen MR) is 97.2 cm³/mol. The first-order chi connectivity index (χ1) is 11.3. The summed E-state index contributed by atoms with van der Waals surface area (Å²) in [7, 11) is -3.15. The third-order valence-corrected chi connectivity index (χ3v) is 6.18. The summed E-state index contributed by atoms with van der Waals surface area (Å²) in [5, 5.41) is 7.08. The van der Waals surface area contributed by atoms with Gasteiger partial charge in [0.25, 0.3) is 0 Å². The van der Waals surface area contributed by atoms with Crippen LogP contribution >= 0.6 is 34.5 Å². The van der Waals surface area contributed by atoms with Gasteiger partial charge in [-0.2, -0.15) is 0 Å². The standard InChI is InChI=1S/C15H12Cl2N2O3S2/c16-10-1-2-11(12(17)6-10)13-7-23-15(18-13)19-14(20)5-9-3-4-24(21,22)8-9/h1-4,6-7,9H,5,8H2,(H,18,19,20). The Morgan fingerprint density at radius 1 is 1.38 bits per heavy atom. The number of rotatable bonds is 4.